The minimum Gasteiger partial charge on any atom is -0.345 e. The summed E-state index contributed by atoms with van der Waals surface area (Å²) in [6.07, 6.45) is 10.7. The third-order valence-corrected chi connectivity index (χ3v) is 2.61. The van der Waals surface area contributed by atoms with Crippen molar-refractivity contribution in [1.82, 2.24) is 4.90 Å². The van der Waals surface area contributed by atoms with E-state index in [1.807, 2.05) is 12.1 Å². The molecule has 1 aromatic carbocycles. The highest BCUT2D eigenvalue weighted by molar-refractivity contribution is 5.87. The van der Waals surface area contributed by atoms with Crippen molar-refractivity contribution in [3.05, 3.63) is 60.2 Å². The lowest BCUT2D eigenvalue weighted by molar-refractivity contribution is -0.123. The Hall–Kier alpha value is -1.83. The SMILES string of the molecule is CN(C)C(=O)C=CC=CCCCc1ccccc1. The Morgan fingerprint density at radius 2 is 1.89 bits per heavy atom. The molecule has 0 aliphatic rings. The van der Waals surface area contributed by atoms with Gasteiger partial charge in [-0.1, -0.05) is 48.6 Å². The number of likely N-dealkylation sites (N-methyl/N-ethyl adjacent to an activating group) is 1. The summed E-state index contributed by atoms with van der Waals surface area (Å²) >= 11 is 0. The van der Waals surface area contributed by atoms with E-state index in [0.717, 1.165) is 19.3 Å². The summed E-state index contributed by atoms with van der Waals surface area (Å²) in [4.78, 5) is 12.8. The van der Waals surface area contributed by atoms with E-state index in [1.54, 1.807) is 31.1 Å². The Labute approximate surface area is 110 Å². The lowest BCUT2D eigenvalue weighted by Gasteiger charge is -2.04. The van der Waals surface area contributed by atoms with Crippen LogP contribution in [0.25, 0.3) is 0 Å². The van der Waals surface area contributed by atoms with Crippen molar-refractivity contribution in [3.8, 4) is 0 Å². The first-order valence-electron chi connectivity index (χ1n) is 6.28. The summed E-state index contributed by atoms with van der Waals surface area (Å²) in [5.41, 5.74) is 1.38. The molecular weight excluding hydrogens is 222 g/mol. The summed E-state index contributed by atoms with van der Waals surface area (Å²) in [6, 6.07) is 10.5. The summed E-state index contributed by atoms with van der Waals surface area (Å²) in [7, 11) is 3.49. The highest BCUT2D eigenvalue weighted by Gasteiger charge is 1.94. The van der Waals surface area contributed by atoms with E-state index in [1.165, 1.54) is 5.56 Å². The van der Waals surface area contributed by atoms with E-state index < -0.39 is 0 Å². The van der Waals surface area contributed by atoms with Crippen LogP contribution in [0.1, 0.15) is 18.4 Å². The van der Waals surface area contributed by atoms with E-state index in [4.69, 9.17) is 0 Å². The molecule has 0 heterocycles. The van der Waals surface area contributed by atoms with Gasteiger partial charge >= 0.3 is 0 Å². The maximum absolute atomic E-state index is 11.2. The molecule has 1 rings (SSSR count). The third-order valence-electron chi connectivity index (χ3n) is 2.61. The standard InChI is InChI=1S/C16H21NO/c1-17(2)16(18)14-10-5-3-4-7-11-15-12-8-6-9-13-15/h3,5-6,8-10,12-14H,4,7,11H2,1-2H3. The zero-order valence-electron chi connectivity index (χ0n) is 11.2. The van der Waals surface area contributed by atoms with Gasteiger partial charge in [0.1, 0.15) is 0 Å². The molecule has 0 saturated carbocycles. The van der Waals surface area contributed by atoms with Crippen molar-refractivity contribution >= 4 is 5.91 Å². The van der Waals surface area contributed by atoms with Crippen molar-refractivity contribution in [2.24, 2.45) is 0 Å². The molecule has 2 heteroatoms. The molecule has 0 fully saturated rings. The van der Waals surface area contributed by atoms with Crippen molar-refractivity contribution in [2.75, 3.05) is 14.1 Å². The number of allylic oxidation sites excluding steroid dienone is 3. The number of benzene rings is 1. The van der Waals surface area contributed by atoms with Gasteiger partial charge in [0.05, 0.1) is 0 Å². The summed E-state index contributed by atoms with van der Waals surface area (Å²) in [6.45, 7) is 0. The van der Waals surface area contributed by atoms with Gasteiger partial charge in [0.15, 0.2) is 0 Å². The minimum absolute atomic E-state index is 0.0175. The fourth-order valence-electron chi connectivity index (χ4n) is 1.53. The number of carbonyl (C=O) groups is 1. The van der Waals surface area contributed by atoms with E-state index in [0.29, 0.717) is 0 Å². The number of unbranched alkanes of at least 4 members (excludes halogenated alkanes) is 1. The average Bonchev–Trinajstić information content (AvgIpc) is 2.38. The first-order valence-corrected chi connectivity index (χ1v) is 6.28. The number of aryl methyl sites for hydroxylation is 1. The van der Waals surface area contributed by atoms with E-state index in [2.05, 4.69) is 30.3 Å². The molecular formula is C16H21NO. The Balaban J connectivity index is 2.16. The number of rotatable bonds is 6. The van der Waals surface area contributed by atoms with Crippen LogP contribution < -0.4 is 0 Å². The molecule has 2 nitrogen and oxygen atoms in total. The molecule has 0 aliphatic heterocycles. The zero-order valence-corrected chi connectivity index (χ0v) is 11.2. The molecule has 0 aromatic heterocycles. The zero-order chi connectivity index (χ0) is 13.2. The second kappa shape index (κ2) is 8.29. The topological polar surface area (TPSA) is 20.3 Å². The van der Waals surface area contributed by atoms with Gasteiger partial charge in [0.25, 0.3) is 0 Å². The van der Waals surface area contributed by atoms with Crippen LogP contribution in [0.3, 0.4) is 0 Å². The molecule has 0 bridgehead atoms. The monoisotopic (exact) mass is 243 g/mol. The maximum Gasteiger partial charge on any atom is 0.246 e. The van der Waals surface area contributed by atoms with Gasteiger partial charge in [-0.25, -0.2) is 0 Å². The van der Waals surface area contributed by atoms with Gasteiger partial charge < -0.3 is 4.90 Å². The molecule has 1 amide bonds. The first kappa shape index (κ1) is 14.2. The fraction of sp³-hybridized carbons (Fsp3) is 0.312. The number of nitrogens with zero attached hydrogens (tertiary/aromatic N) is 1. The van der Waals surface area contributed by atoms with Gasteiger partial charge in [-0.05, 0) is 24.8 Å². The summed E-state index contributed by atoms with van der Waals surface area (Å²) < 4.78 is 0. The van der Waals surface area contributed by atoms with Crippen molar-refractivity contribution in [2.45, 2.75) is 19.3 Å². The predicted octanol–water partition coefficient (Wildman–Crippen LogP) is 3.21. The lowest BCUT2D eigenvalue weighted by Crippen LogP contribution is -2.18. The Bertz CT molecular complexity index is 404. The van der Waals surface area contributed by atoms with Crippen molar-refractivity contribution in [1.29, 1.82) is 0 Å². The summed E-state index contributed by atoms with van der Waals surface area (Å²) in [5.74, 6) is 0.0175. The first-order chi connectivity index (χ1) is 8.70. The summed E-state index contributed by atoms with van der Waals surface area (Å²) in [5, 5.41) is 0. The van der Waals surface area contributed by atoms with Crippen LogP contribution in [0.15, 0.2) is 54.6 Å². The van der Waals surface area contributed by atoms with Gasteiger partial charge in [0.2, 0.25) is 5.91 Å². The Kier molecular flexibility index (Phi) is 6.55. The number of amides is 1. The second-order valence-corrected chi connectivity index (χ2v) is 4.40. The molecule has 96 valence electrons. The van der Waals surface area contributed by atoms with Gasteiger partial charge in [0, 0.05) is 20.2 Å². The van der Waals surface area contributed by atoms with Gasteiger partial charge in [-0.15, -0.1) is 0 Å². The average molecular weight is 243 g/mol. The van der Waals surface area contributed by atoms with Crippen LogP contribution in [-0.2, 0) is 11.2 Å². The van der Waals surface area contributed by atoms with E-state index in [-0.39, 0.29) is 5.91 Å². The molecule has 0 N–H and O–H groups in total. The Morgan fingerprint density at radius 3 is 2.56 bits per heavy atom. The largest absolute Gasteiger partial charge is 0.345 e. The van der Waals surface area contributed by atoms with E-state index in [9.17, 15) is 4.79 Å². The molecule has 1 aromatic rings. The van der Waals surface area contributed by atoms with Gasteiger partial charge in [-0.3, -0.25) is 4.79 Å². The third kappa shape index (κ3) is 6.04. The number of carbonyl (C=O) groups excluding carboxylic acids is 1. The molecule has 0 unspecified atom stereocenters. The molecule has 18 heavy (non-hydrogen) atoms. The predicted molar refractivity (Wildman–Crippen MR) is 76.4 cm³/mol. The van der Waals surface area contributed by atoms with Gasteiger partial charge in [-0.2, -0.15) is 0 Å². The minimum atomic E-state index is 0.0175. The van der Waals surface area contributed by atoms with Crippen LogP contribution in [-0.4, -0.2) is 24.9 Å². The van der Waals surface area contributed by atoms with Crippen LogP contribution in [0, 0.1) is 0 Å². The quantitative estimate of drug-likeness (QED) is 0.427. The highest BCUT2D eigenvalue weighted by Crippen LogP contribution is 2.04. The van der Waals surface area contributed by atoms with Crippen LogP contribution in [0.2, 0.25) is 0 Å². The van der Waals surface area contributed by atoms with Crippen LogP contribution >= 0.6 is 0 Å². The fourth-order valence-corrected chi connectivity index (χ4v) is 1.53. The molecule has 0 atom stereocenters. The molecule has 0 aliphatic carbocycles. The van der Waals surface area contributed by atoms with Crippen LogP contribution in [0.4, 0.5) is 0 Å². The van der Waals surface area contributed by atoms with Crippen molar-refractivity contribution in [3.63, 3.8) is 0 Å². The maximum atomic E-state index is 11.2. The van der Waals surface area contributed by atoms with Crippen LogP contribution in [0.5, 0.6) is 0 Å². The van der Waals surface area contributed by atoms with E-state index >= 15 is 0 Å². The number of hydrogen-bond donors (Lipinski definition) is 0. The second-order valence-electron chi connectivity index (χ2n) is 4.40. The molecule has 0 spiro atoms. The molecule has 0 saturated heterocycles. The van der Waals surface area contributed by atoms with Crippen molar-refractivity contribution < 1.29 is 4.79 Å². The Morgan fingerprint density at radius 1 is 1.17 bits per heavy atom. The molecule has 0 radical (unpaired) electrons. The lowest BCUT2D eigenvalue weighted by atomic mass is 10.1. The highest BCUT2D eigenvalue weighted by atomic mass is 16.2. The normalized spacial score (nSPS) is 11.2. The number of hydrogen-bond acceptors (Lipinski definition) is 1. The smallest absolute Gasteiger partial charge is 0.246 e.